The average molecular weight is 598 g/mol. The second-order valence-corrected chi connectivity index (χ2v) is 11.2. The quantitative estimate of drug-likeness (QED) is 0.209. The molecule has 0 amide bonds. The van der Waals surface area contributed by atoms with Gasteiger partial charge in [0.05, 0.1) is 54.0 Å². The Morgan fingerprint density at radius 2 is 1.95 bits per heavy atom. The predicted octanol–water partition coefficient (Wildman–Crippen LogP) is 6.74. The van der Waals surface area contributed by atoms with Crippen LogP contribution in [0.25, 0.3) is 33.4 Å². The normalized spacial score (nSPS) is 15.2. The topological polar surface area (TPSA) is 98.2 Å². The molecule has 0 spiro atoms. The van der Waals surface area contributed by atoms with Gasteiger partial charge in [-0.05, 0) is 37.5 Å². The maximum Gasteiger partial charge on any atom is 0.227 e. The SMILES string of the molecule is COc1cncc(-c2cnc(N3CCOC(CC(C)C)C3)nc2Nc2c(C)c(-c3ccccn3)nc3cc(F)cc(F)c23)c1. The Balaban J connectivity index is 1.52. The number of morpholine rings is 1. The molecule has 5 aromatic rings. The second-order valence-electron chi connectivity index (χ2n) is 11.2. The molecule has 6 rings (SSSR count). The van der Waals surface area contributed by atoms with Crippen molar-refractivity contribution in [2.45, 2.75) is 33.3 Å². The molecular weight excluding hydrogens is 564 g/mol. The van der Waals surface area contributed by atoms with Crippen LogP contribution in [0.1, 0.15) is 25.8 Å². The Hall–Kier alpha value is -4.77. The van der Waals surface area contributed by atoms with Gasteiger partial charge < -0.3 is 19.7 Å². The first-order chi connectivity index (χ1) is 21.3. The number of halogens is 2. The maximum absolute atomic E-state index is 15.5. The summed E-state index contributed by atoms with van der Waals surface area (Å²) >= 11 is 0. The van der Waals surface area contributed by atoms with E-state index in [-0.39, 0.29) is 17.0 Å². The van der Waals surface area contributed by atoms with Crippen LogP contribution in [0.3, 0.4) is 0 Å². The third-order valence-corrected chi connectivity index (χ3v) is 7.59. The van der Waals surface area contributed by atoms with Gasteiger partial charge in [0, 0.05) is 60.5 Å². The molecule has 0 radical (unpaired) electrons. The Morgan fingerprint density at radius 3 is 2.73 bits per heavy atom. The van der Waals surface area contributed by atoms with E-state index < -0.39 is 11.6 Å². The monoisotopic (exact) mass is 597 g/mol. The Labute approximate surface area is 254 Å². The van der Waals surface area contributed by atoms with Crippen LogP contribution in [-0.4, -0.2) is 57.8 Å². The molecule has 1 aromatic carbocycles. The Morgan fingerprint density at radius 1 is 1.09 bits per heavy atom. The van der Waals surface area contributed by atoms with Gasteiger partial charge in [-0.1, -0.05) is 19.9 Å². The van der Waals surface area contributed by atoms with E-state index in [0.717, 1.165) is 12.5 Å². The van der Waals surface area contributed by atoms with Crippen molar-refractivity contribution in [2.75, 3.05) is 37.0 Å². The lowest BCUT2D eigenvalue weighted by Crippen LogP contribution is -2.43. The first-order valence-corrected chi connectivity index (χ1v) is 14.5. The number of fused-ring (bicyclic) bond motifs is 1. The van der Waals surface area contributed by atoms with Crippen molar-refractivity contribution in [1.82, 2.24) is 24.9 Å². The lowest BCUT2D eigenvalue weighted by atomic mass is 10.0. The molecule has 1 atom stereocenters. The molecular formula is C33H33F2N7O2. The number of pyridine rings is 3. The highest BCUT2D eigenvalue weighted by Crippen LogP contribution is 2.39. The number of hydrogen-bond donors (Lipinski definition) is 1. The van der Waals surface area contributed by atoms with Crippen molar-refractivity contribution in [1.29, 1.82) is 0 Å². The molecule has 9 nitrogen and oxygen atoms in total. The van der Waals surface area contributed by atoms with Gasteiger partial charge >= 0.3 is 0 Å². The minimum atomic E-state index is -0.741. The van der Waals surface area contributed by atoms with Crippen LogP contribution < -0.4 is 15.0 Å². The fourth-order valence-electron chi connectivity index (χ4n) is 5.51. The predicted molar refractivity (Wildman–Crippen MR) is 166 cm³/mol. The first-order valence-electron chi connectivity index (χ1n) is 14.5. The van der Waals surface area contributed by atoms with Crippen LogP contribution in [-0.2, 0) is 4.74 Å². The average Bonchev–Trinajstić information content (AvgIpc) is 3.02. The number of anilines is 3. The molecule has 1 aliphatic rings. The first kappa shape index (κ1) is 29.3. The standard InChI is InChI=1S/C33H33F2N7O2/c1-19(2)11-24-18-42(9-10-44-24)33-38-17-25(21-12-23(43-4)16-36-15-21)32(41-33)40-31-20(3)30(27-7-5-6-8-37-27)39-28-14-22(34)13-26(35)29(28)31/h5-8,12-17,19,24H,9-11,18H2,1-4H3,(H,38,39,40,41). The molecule has 1 unspecified atom stereocenters. The van der Waals surface area contributed by atoms with Gasteiger partial charge in [0.1, 0.15) is 23.2 Å². The number of aromatic nitrogens is 5. The van der Waals surface area contributed by atoms with Gasteiger partial charge in [-0.15, -0.1) is 0 Å². The number of rotatable bonds is 8. The lowest BCUT2D eigenvalue weighted by molar-refractivity contribution is 0.0270. The number of benzene rings is 1. The molecule has 1 fully saturated rings. The molecule has 44 heavy (non-hydrogen) atoms. The van der Waals surface area contributed by atoms with E-state index in [4.69, 9.17) is 19.4 Å². The molecule has 0 bridgehead atoms. The lowest BCUT2D eigenvalue weighted by Gasteiger charge is -2.34. The van der Waals surface area contributed by atoms with Crippen molar-refractivity contribution in [2.24, 2.45) is 5.92 Å². The van der Waals surface area contributed by atoms with E-state index in [1.165, 1.54) is 6.07 Å². The van der Waals surface area contributed by atoms with E-state index in [9.17, 15) is 4.39 Å². The third-order valence-electron chi connectivity index (χ3n) is 7.59. The third kappa shape index (κ3) is 6.00. The van der Waals surface area contributed by atoms with Gasteiger partial charge in [-0.25, -0.2) is 18.7 Å². The fraction of sp³-hybridized carbons (Fsp3) is 0.303. The zero-order valence-corrected chi connectivity index (χ0v) is 25.0. The van der Waals surface area contributed by atoms with Gasteiger partial charge in [0.25, 0.3) is 0 Å². The molecule has 1 aliphatic heterocycles. The minimum Gasteiger partial charge on any atom is -0.495 e. The number of nitrogens with one attached hydrogen (secondary N) is 1. The fourth-order valence-corrected chi connectivity index (χ4v) is 5.51. The van der Waals surface area contributed by atoms with Crippen molar-refractivity contribution in [3.8, 4) is 28.3 Å². The van der Waals surface area contributed by atoms with E-state index >= 15 is 4.39 Å². The van der Waals surface area contributed by atoms with E-state index in [2.05, 4.69) is 39.0 Å². The molecule has 226 valence electrons. The summed E-state index contributed by atoms with van der Waals surface area (Å²) in [5, 5.41) is 3.55. The van der Waals surface area contributed by atoms with Crippen molar-refractivity contribution in [3.63, 3.8) is 0 Å². The summed E-state index contributed by atoms with van der Waals surface area (Å²) in [5.74, 6) is 0.512. The summed E-state index contributed by atoms with van der Waals surface area (Å²) in [4.78, 5) is 25.2. The molecule has 0 aliphatic carbocycles. The van der Waals surface area contributed by atoms with Crippen molar-refractivity contribution >= 4 is 28.4 Å². The van der Waals surface area contributed by atoms with Gasteiger partial charge in [-0.2, -0.15) is 4.98 Å². The summed E-state index contributed by atoms with van der Waals surface area (Å²) < 4.78 is 41.4. The number of nitrogens with zero attached hydrogens (tertiary/aromatic N) is 6. The summed E-state index contributed by atoms with van der Waals surface area (Å²) in [6.07, 6.45) is 7.65. The molecule has 5 heterocycles. The molecule has 4 aromatic heterocycles. The van der Waals surface area contributed by atoms with Gasteiger partial charge in [0.15, 0.2) is 0 Å². The smallest absolute Gasteiger partial charge is 0.227 e. The number of methoxy groups -OCH3 is 1. The molecule has 0 saturated carbocycles. The van der Waals surface area contributed by atoms with E-state index in [1.807, 2.05) is 25.1 Å². The number of ether oxygens (including phenoxy) is 2. The Bertz CT molecular complexity index is 1800. The van der Waals surface area contributed by atoms with E-state index in [0.29, 0.717) is 76.9 Å². The number of hydrogen-bond acceptors (Lipinski definition) is 9. The summed E-state index contributed by atoms with van der Waals surface area (Å²) in [5.41, 5.74) is 3.57. The molecule has 11 heteroatoms. The second kappa shape index (κ2) is 12.5. The molecule has 1 N–H and O–H groups in total. The highest BCUT2D eigenvalue weighted by molar-refractivity contribution is 5.99. The largest absolute Gasteiger partial charge is 0.495 e. The molecule has 1 saturated heterocycles. The van der Waals surface area contributed by atoms with Crippen LogP contribution in [0.4, 0.5) is 26.2 Å². The van der Waals surface area contributed by atoms with Crippen LogP contribution >= 0.6 is 0 Å². The van der Waals surface area contributed by atoms with Crippen LogP contribution in [0.2, 0.25) is 0 Å². The maximum atomic E-state index is 15.5. The van der Waals surface area contributed by atoms with E-state index in [1.54, 1.807) is 38.0 Å². The van der Waals surface area contributed by atoms with Crippen LogP contribution in [0, 0.1) is 24.5 Å². The van der Waals surface area contributed by atoms with Gasteiger partial charge in [0.2, 0.25) is 5.95 Å². The minimum absolute atomic E-state index is 0.0577. The van der Waals surface area contributed by atoms with Crippen molar-refractivity contribution in [3.05, 3.63) is 78.4 Å². The Kier molecular flexibility index (Phi) is 8.30. The van der Waals surface area contributed by atoms with Crippen molar-refractivity contribution < 1.29 is 18.3 Å². The summed E-state index contributed by atoms with van der Waals surface area (Å²) in [7, 11) is 1.57. The zero-order valence-electron chi connectivity index (χ0n) is 25.0. The summed E-state index contributed by atoms with van der Waals surface area (Å²) in [6.45, 7) is 8.00. The zero-order chi connectivity index (χ0) is 30.8. The van der Waals surface area contributed by atoms with Gasteiger partial charge in [-0.3, -0.25) is 9.97 Å². The summed E-state index contributed by atoms with van der Waals surface area (Å²) in [6, 6.07) is 9.35. The van der Waals surface area contributed by atoms with Crippen LogP contribution in [0.5, 0.6) is 5.75 Å². The van der Waals surface area contributed by atoms with Crippen LogP contribution in [0.15, 0.2) is 61.2 Å². The highest BCUT2D eigenvalue weighted by atomic mass is 19.1. The highest BCUT2D eigenvalue weighted by Gasteiger charge is 2.25.